The molecule has 2 N–H and O–H groups in total. The fourth-order valence-corrected chi connectivity index (χ4v) is 6.51. The van der Waals surface area contributed by atoms with Crippen molar-refractivity contribution in [2.75, 3.05) is 13.6 Å². The number of benzene rings is 1. The number of hydrogen-bond acceptors (Lipinski definition) is 3. The predicted octanol–water partition coefficient (Wildman–Crippen LogP) is 2.54. The number of carbonyl (C=O) groups excluding carboxylic acids is 1. The van der Waals surface area contributed by atoms with Crippen molar-refractivity contribution in [3.8, 4) is 0 Å². The monoisotopic (exact) mass is 362 g/mol. The van der Waals surface area contributed by atoms with Crippen molar-refractivity contribution in [3.05, 3.63) is 29.8 Å². The van der Waals surface area contributed by atoms with E-state index in [-0.39, 0.29) is 10.8 Å². The van der Waals surface area contributed by atoms with Gasteiger partial charge in [-0.2, -0.15) is 0 Å². The smallest absolute Gasteiger partial charge is 0.251 e. The molecule has 4 bridgehead atoms. The highest BCUT2D eigenvalue weighted by Gasteiger charge is 2.50. The molecule has 0 heterocycles. The molecule has 1 aromatic rings. The van der Waals surface area contributed by atoms with Crippen molar-refractivity contribution in [2.24, 2.45) is 23.2 Å². The van der Waals surface area contributed by atoms with E-state index >= 15 is 0 Å². The third-order valence-corrected chi connectivity index (χ3v) is 7.91. The Hall–Kier alpha value is -1.40. The lowest BCUT2D eigenvalue weighted by molar-refractivity contribution is -0.0503. The summed E-state index contributed by atoms with van der Waals surface area (Å²) in [4.78, 5) is 12.7. The van der Waals surface area contributed by atoms with Crippen LogP contribution in [-0.4, -0.2) is 27.9 Å². The van der Waals surface area contributed by atoms with E-state index in [1.54, 1.807) is 12.1 Å². The van der Waals surface area contributed by atoms with E-state index in [1.807, 2.05) is 0 Å². The van der Waals surface area contributed by atoms with E-state index in [2.05, 4.69) is 10.0 Å². The molecule has 5 rings (SSSR count). The lowest BCUT2D eigenvalue weighted by Crippen LogP contribution is -2.51. The Morgan fingerprint density at radius 3 is 2.04 bits per heavy atom. The van der Waals surface area contributed by atoms with Crippen molar-refractivity contribution < 1.29 is 13.2 Å². The minimum Gasteiger partial charge on any atom is -0.351 e. The molecule has 0 radical (unpaired) electrons. The second kappa shape index (κ2) is 6.09. The van der Waals surface area contributed by atoms with Crippen molar-refractivity contribution in [1.82, 2.24) is 10.0 Å². The largest absolute Gasteiger partial charge is 0.351 e. The number of sulfonamides is 1. The molecule has 136 valence electrons. The zero-order chi connectivity index (χ0) is 17.7. The molecule has 25 heavy (non-hydrogen) atoms. The fraction of sp³-hybridized carbons (Fsp3) is 0.632. The Balaban J connectivity index is 1.41. The number of nitrogens with one attached hydrogen (secondary N) is 2. The van der Waals surface area contributed by atoms with E-state index in [4.69, 9.17) is 0 Å². The van der Waals surface area contributed by atoms with Crippen molar-refractivity contribution in [1.29, 1.82) is 0 Å². The highest BCUT2D eigenvalue weighted by molar-refractivity contribution is 7.89. The molecular formula is C19H26N2O3S. The van der Waals surface area contributed by atoms with E-state index < -0.39 is 10.0 Å². The SMILES string of the molecule is CNS(=O)(=O)c1ccc(C(=O)NCC23CC4CC(CC(C4)C2)C3)cc1. The van der Waals surface area contributed by atoms with Crippen LogP contribution in [0.1, 0.15) is 48.9 Å². The van der Waals surface area contributed by atoms with Gasteiger partial charge in [-0.05, 0) is 93.0 Å². The van der Waals surface area contributed by atoms with Crippen molar-refractivity contribution in [3.63, 3.8) is 0 Å². The molecule has 1 aromatic carbocycles. The van der Waals surface area contributed by atoms with Gasteiger partial charge >= 0.3 is 0 Å². The van der Waals surface area contributed by atoms with Gasteiger partial charge in [-0.1, -0.05) is 0 Å². The summed E-state index contributed by atoms with van der Waals surface area (Å²) in [5.74, 6) is 2.50. The normalized spacial score (nSPS) is 33.4. The van der Waals surface area contributed by atoms with Crippen LogP contribution in [-0.2, 0) is 10.0 Å². The number of hydrogen-bond donors (Lipinski definition) is 2. The van der Waals surface area contributed by atoms with Gasteiger partial charge in [-0.25, -0.2) is 13.1 Å². The quantitative estimate of drug-likeness (QED) is 0.845. The molecule has 5 nitrogen and oxygen atoms in total. The van der Waals surface area contributed by atoms with Gasteiger partial charge in [-0.15, -0.1) is 0 Å². The Kier molecular flexibility index (Phi) is 4.15. The van der Waals surface area contributed by atoms with Crippen LogP contribution in [0.4, 0.5) is 0 Å². The van der Waals surface area contributed by atoms with Gasteiger partial charge in [0.2, 0.25) is 10.0 Å². The van der Waals surface area contributed by atoms with Gasteiger partial charge in [0, 0.05) is 12.1 Å². The van der Waals surface area contributed by atoms with Crippen LogP contribution in [0.25, 0.3) is 0 Å². The van der Waals surface area contributed by atoms with Crippen LogP contribution in [0.2, 0.25) is 0 Å². The Morgan fingerprint density at radius 2 is 1.56 bits per heavy atom. The maximum absolute atomic E-state index is 12.5. The van der Waals surface area contributed by atoms with Gasteiger partial charge < -0.3 is 5.32 Å². The Morgan fingerprint density at radius 1 is 1.04 bits per heavy atom. The first-order valence-corrected chi connectivity index (χ1v) is 10.7. The summed E-state index contributed by atoms with van der Waals surface area (Å²) in [7, 11) is -2.09. The maximum atomic E-state index is 12.5. The summed E-state index contributed by atoms with van der Waals surface area (Å²) in [6, 6.07) is 6.12. The van der Waals surface area contributed by atoms with Crippen molar-refractivity contribution >= 4 is 15.9 Å². The zero-order valence-corrected chi connectivity index (χ0v) is 15.4. The average molecular weight is 362 g/mol. The van der Waals surface area contributed by atoms with Crippen LogP contribution >= 0.6 is 0 Å². The molecule has 4 fully saturated rings. The summed E-state index contributed by atoms with van der Waals surface area (Å²) in [5.41, 5.74) is 0.819. The molecule has 1 amide bonds. The van der Waals surface area contributed by atoms with E-state index in [9.17, 15) is 13.2 Å². The maximum Gasteiger partial charge on any atom is 0.251 e. The van der Waals surface area contributed by atoms with E-state index in [0.717, 1.165) is 24.3 Å². The highest BCUT2D eigenvalue weighted by atomic mass is 32.2. The average Bonchev–Trinajstić information content (AvgIpc) is 2.59. The Labute approximate surface area is 149 Å². The minimum atomic E-state index is -3.47. The van der Waals surface area contributed by atoms with Crippen molar-refractivity contribution in [2.45, 2.75) is 43.4 Å². The first-order chi connectivity index (χ1) is 11.9. The van der Waals surface area contributed by atoms with Gasteiger partial charge in [0.25, 0.3) is 5.91 Å². The van der Waals surface area contributed by atoms with E-state index in [1.165, 1.54) is 57.7 Å². The van der Waals surface area contributed by atoms with Crippen LogP contribution < -0.4 is 10.0 Å². The second-order valence-corrected chi connectivity index (χ2v) is 10.2. The third-order valence-electron chi connectivity index (χ3n) is 6.48. The summed E-state index contributed by atoms with van der Waals surface area (Å²) >= 11 is 0. The van der Waals surface area contributed by atoms with E-state index in [0.29, 0.717) is 11.0 Å². The molecule has 0 aromatic heterocycles. The first kappa shape index (κ1) is 17.0. The van der Waals surface area contributed by atoms with Crippen LogP contribution in [0.3, 0.4) is 0 Å². The first-order valence-electron chi connectivity index (χ1n) is 9.21. The summed E-state index contributed by atoms with van der Waals surface area (Å²) < 4.78 is 25.8. The lowest BCUT2D eigenvalue weighted by Gasteiger charge is -2.56. The summed E-state index contributed by atoms with van der Waals surface area (Å²) in [5, 5.41) is 3.12. The number of carbonyl (C=O) groups is 1. The molecule has 0 spiro atoms. The van der Waals surface area contributed by atoms with Gasteiger partial charge in [0.1, 0.15) is 0 Å². The molecule has 6 heteroatoms. The molecular weight excluding hydrogens is 336 g/mol. The number of amides is 1. The molecule has 4 saturated carbocycles. The van der Waals surface area contributed by atoms with Gasteiger partial charge in [-0.3, -0.25) is 4.79 Å². The standard InChI is InChI=1S/C19H26N2O3S/c1-20-25(23,24)17-4-2-16(3-5-17)18(22)21-12-19-9-13-6-14(10-19)8-15(7-13)11-19/h2-5,13-15,20H,6-12H2,1H3,(H,21,22). The van der Waals surface area contributed by atoms with Gasteiger partial charge in [0.05, 0.1) is 4.90 Å². The van der Waals surface area contributed by atoms with Crippen LogP contribution in [0.5, 0.6) is 0 Å². The molecule has 0 aliphatic heterocycles. The topological polar surface area (TPSA) is 75.3 Å². The van der Waals surface area contributed by atoms with Crippen LogP contribution in [0, 0.1) is 23.2 Å². The molecule has 4 aliphatic carbocycles. The minimum absolute atomic E-state index is 0.107. The Bertz CT molecular complexity index is 735. The summed E-state index contributed by atoms with van der Waals surface area (Å²) in [6.45, 7) is 0.756. The lowest BCUT2D eigenvalue weighted by atomic mass is 9.49. The number of rotatable bonds is 5. The second-order valence-electron chi connectivity index (χ2n) is 8.33. The van der Waals surface area contributed by atoms with Crippen LogP contribution in [0.15, 0.2) is 29.2 Å². The molecule has 0 unspecified atom stereocenters. The predicted molar refractivity (Wildman–Crippen MR) is 95.6 cm³/mol. The third kappa shape index (κ3) is 3.22. The molecule has 4 aliphatic rings. The zero-order valence-electron chi connectivity index (χ0n) is 14.6. The summed E-state index contributed by atoms with van der Waals surface area (Å²) in [6.07, 6.45) is 7.98. The highest BCUT2D eigenvalue weighted by Crippen LogP contribution is 2.59. The molecule has 0 atom stereocenters. The van der Waals surface area contributed by atoms with Gasteiger partial charge in [0.15, 0.2) is 0 Å². The molecule has 0 saturated heterocycles. The fourth-order valence-electron chi connectivity index (χ4n) is 5.78.